The minimum absolute atomic E-state index is 0.587. The first-order valence-corrected chi connectivity index (χ1v) is 11.2. The van der Waals surface area contributed by atoms with Gasteiger partial charge in [-0.3, -0.25) is 0 Å². The Labute approximate surface area is 178 Å². The summed E-state index contributed by atoms with van der Waals surface area (Å²) in [5.74, 6) is 1.05. The van der Waals surface area contributed by atoms with Gasteiger partial charge >= 0.3 is 0 Å². The first-order valence-electron chi connectivity index (χ1n) is 10.3. The molecule has 0 atom stereocenters. The van der Waals surface area contributed by atoms with Crippen LogP contribution in [0.2, 0.25) is 0 Å². The summed E-state index contributed by atoms with van der Waals surface area (Å²) in [6, 6.07) is 17.3. The van der Waals surface area contributed by atoms with Crippen molar-refractivity contribution in [2.45, 2.75) is 47.1 Å². The van der Waals surface area contributed by atoms with Crippen molar-refractivity contribution in [1.29, 1.82) is 0 Å². The minimum atomic E-state index is 0.587. The molecule has 150 valence electrons. The maximum atomic E-state index is 6.20. The summed E-state index contributed by atoms with van der Waals surface area (Å²) in [4.78, 5) is 4.62. The van der Waals surface area contributed by atoms with Crippen LogP contribution in [0.3, 0.4) is 0 Å². The summed E-state index contributed by atoms with van der Waals surface area (Å²) in [6.45, 7) is 8.74. The van der Waals surface area contributed by atoms with Crippen LogP contribution in [-0.2, 0) is 11.3 Å². The van der Waals surface area contributed by atoms with Gasteiger partial charge in [-0.05, 0) is 37.0 Å². The molecule has 0 unspecified atom stereocenters. The molecular formula is C26H29NOS. The average molecular weight is 404 g/mol. The molecule has 0 saturated heterocycles. The van der Waals surface area contributed by atoms with Gasteiger partial charge in [0.15, 0.2) is 0 Å². The fourth-order valence-corrected chi connectivity index (χ4v) is 3.83. The van der Waals surface area contributed by atoms with E-state index < -0.39 is 0 Å². The topological polar surface area (TPSA) is 22.1 Å². The number of benzene rings is 2. The normalized spacial score (nSPS) is 13.1. The molecule has 0 radical (unpaired) electrons. The molecular weight excluding hydrogens is 374 g/mol. The predicted molar refractivity (Wildman–Crippen MR) is 125 cm³/mol. The first-order chi connectivity index (χ1) is 14.2. The van der Waals surface area contributed by atoms with E-state index >= 15 is 0 Å². The number of nitrogens with zero attached hydrogens (tertiary/aromatic N) is 1. The van der Waals surface area contributed by atoms with E-state index in [1.165, 1.54) is 22.3 Å². The zero-order chi connectivity index (χ0) is 20.6. The molecule has 0 aliphatic heterocycles. The highest BCUT2D eigenvalue weighted by molar-refractivity contribution is 7.09. The van der Waals surface area contributed by atoms with E-state index in [1.807, 2.05) is 20.8 Å². The molecule has 0 amide bonds. The number of aromatic nitrogens is 1. The monoisotopic (exact) mass is 403 g/mol. The highest BCUT2D eigenvalue weighted by Crippen LogP contribution is 2.30. The third-order valence-corrected chi connectivity index (χ3v) is 5.54. The van der Waals surface area contributed by atoms with Crippen molar-refractivity contribution in [3.63, 3.8) is 0 Å². The van der Waals surface area contributed by atoms with Crippen molar-refractivity contribution < 1.29 is 4.74 Å². The van der Waals surface area contributed by atoms with Gasteiger partial charge in [0.25, 0.3) is 0 Å². The zero-order valence-electron chi connectivity index (χ0n) is 17.7. The Morgan fingerprint density at radius 2 is 1.59 bits per heavy atom. The molecule has 0 N–H and O–H groups in total. The lowest BCUT2D eigenvalue weighted by molar-refractivity contribution is 0.191. The third kappa shape index (κ3) is 5.45. The van der Waals surface area contributed by atoms with Crippen molar-refractivity contribution in [2.75, 3.05) is 0 Å². The van der Waals surface area contributed by atoms with Gasteiger partial charge in [-0.1, -0.05) is 80.1 Å². The fraction of sp³-hybridized carbons (Fsp3) is 0.269. The SMILES string of the molecule is CC.Cc1ccc(-c2ccc(COC3=C(c4csc(C)n4)C=CCC3)cc2)cc1. The number of allylic oxidation sites excluding steroid dienone is 4. The van der Waals surface area contributed by atoms with Crippen LogP contribution in [0.25, 0.3) is 16.7 Å². The highest BCUT2D eigenvalue weighted by Gasteiger charge is 2.14. The number of hydrogen-bond donors (Lipinski definition) is 0. The molecule has 1 aliphatic rings. The largest absolute Gasteiger partial charge is 0.493 e. The quantitative estimate of drug-likeness (QED) is 0.435. The van der Waals surface area contributed by atoms with E-state index in [9.17, 15) is 0 Å². The van der Waals surface area contributed by atoms with Gasteiger partial charge in [-0.25, -0.2) is 4.98 Å². The summed E-state index contributed by atoms with van der Waals surface area (Å²) in [5.41, 5.74) is 7.10. The Hall–Kier alpha value is -2.65. The average Bonchev–Trinajstić information content (AvgIpc) is 3.21. The van der Waals surface area contributed by atoms with Crippen LogP contribution >= 0.6 is 11.3 Å². The Morgan fingerprint density at radius 1 is 0.931 bits per heavy atom. The number of rotatable bonds is 5. The fourth-order valence-electron chi connectivity index (χ4n) is 3.22. The van der Waals surface area contributed by atoms with Crippen LogP contribution in [0.5, 0.6) is 0 Å². The smallest absolute Gasteiger partial charge is 0.113 e. The zero-order valence-corrected chi connectivity index (χ0v) is 18.6. The molecule has 2 nitrogen and oxygen atoms in total. The van der Waals surface area contributed by atoms with Crippen molar-refractivity contribution in [2.24, 2.45) is 0 Å². The molecule has 3 aromatic rings. The molecule has 4 rings (SSSR count). The van der Waals surface area contributed by atoms with Crippen LogP contribution in [-0.4, -0.2) is 4.98 Å². The second-order valence-corrected chi connectivity index (χ2v) is 7.94. The van der Waals surface area contributed by atoms with Crippen LogP contribution in [0.15, 0.2) is 71.8 Å². The summed E-state index contributed by atoms with van der Waals surface area (Å²) in [5, 5.41) is 3.20. The van der Waals surface area contributed by atoms with Crippen LogP contribution < -0.4 is 0 Å². The van der Waals surface area contributed by atoms with E-state index in [1.54, 1.807) is 11.3 Å². The van der Waals surface area contributed by atoms with Gasteiger partial charge in [0.05, 0.1) is 10.7 Å². The maximum absolute atomic E-state index is 6.20. The van der Waals surface area contributed by atoms with Crippen molar-refractivity contribution in [3.8, 4) is 11.1 Å². The number of aryl methyl sites for hydroxylation is 2. The summed E-state index contributed by atoms with van der Waals surface area (Å²) in [7, 11) is 0. The second kappa shape index (κ2) is 10.2. The van der Waals surface area contributed by atoms with E-state index in [0.717, 1.165) is 34.9 Å². The molecule has 1 heterocycles. The van der Waals surface area contributed by atoms with E-state index in [2.05, 4.69) is 78.0 Å². The third-order valence-electron chi connectivity index (χ3n) is 4.77. The lowest BCUT2D eigenvalue weighted by atomic mass is 10.0. The standard InChI is InChI=1S/C24H23NOS.C2H6/c1-17-7-11-20(12-8-17)21-13-9-19(10-14-21)15-26-24-6-4-3-5-22(24)23-16-27-18(2)25-23;1-2/h3,5,7-14,16H,4,6,15H2,1-2H3;1-2H3. The van der Waals surface area contributed by atoms with Gasteiger partial charge in [0.2, 0.25) is 0 Å². The van der Waals surface area contributed by atoms with Gasteiger partial charge in [-0.2, -0.15) is 0 Å². The Morgan fingerprint density at radius 3 is 2.21 bits per heavy atom. The molecule has 0 spiro atoms. The van der Waals surface area contributed by atoms with Gasteiger partial charge in [-0.15, -0.1) is 11.3 Å². The van der Waals surface area contributed by atoms with E-state index in [4.69, 9.17) is 4.74 Å². The molecule has 2 aromatic carbocycles. The molecule has 0 bridgehead atoms. The summed E-state index contributed by atoms with van der Waals surface area (Å²) < 4.78 is 6.20. The van der Waals surface area contributed by atoms with E-state index in [0.29, 0.717) is 6.61 Å². The van der Waals surface area contributed by atoms with Crippen LogP contribution in [0.1, 0.15) is 48.5 Å². The van der Waals surface area contributed by atoms with Crippen molar-refractivity contribution >= 4 is 16.9 Å². The van der Waals surface area contributed by atoms with E-state index in [-0.39, 0.29) is 0 Å². The first kappa shape index (κ1) is 21.1. The molecule has 1 aliphatic carbocycles. The van der Waals surface area contributed by atoms with Gasteiger partial charge in [0.1, 0.15) is 12.4 Å². The molecule has 0 saturated carbocycles. The number of ether oxygens (including phenoxy) is 1. The molecule has 3 heteroatoms. The number of thiazole rings is 1. The Bertz CT molecular complexity index is 978. The molecule has 1 aromatic heterocycles. The van der Waals surface area contributed by atoms with Crippen molar-refractivity contribution in [3.05, 3.63) is 93.7 Å². The molecule has 29 heavy (non-hydrogen) atoms. The Balaban J connectivity index is 0.00000117. The van der Waals surface area contributed by atoms with Gasteiger partial charge < -0.3 is 4.74 Å². The molecule has 0 fully saturated rings. The summed E-state index contributed by atoms with van der Waals surface area (Å²) in [6.07, 6.45) is 6.30. The minimum Gasteiger partial charge on any atom is -0.493 e. The Kier molecular flexibility index (Phi) is 7.42. The summed E-state index contributed by atoms with van der Waals surface area (Å²) >= 11 is 1.68. The van der Waals surface area contributed by atoms with Crippen LogP contribution in [0, 0.1) is 13.8 Å². The maximum Gasteiger partial charge on any atom is 0.113 e. The second-order valence-electron chi connectivity index (χ2n) is 6.88. The highest BCUT2D eigenvalue weighted by atomic mass is 32.1. The lowest BCUT2D eigenvalue weighted by Gasteiger charge is -2.16. The van der Waals surface area contributed by atoms with Crippen molar-refractivity contribution in [1.82, 2.24) is 4.98 Å². The number of hydrogen-bond acceptors (Lipinski definition) is 3. The predicted octanol–water partition coefficient (Wildman–Crippen LogP) is 7.73. The van der Waals surface area contributed by atoms with Crippen LogP contribution in [0.4, 0.5) is 0 Å². The van der Waals surface area contributed by atoms with Gasteiger partial charge in [0, 0.05) is 17.4 Å². The lowest BCUT2D eigenvalue weighted by Crippen LogP contribution is -2.01.